The maximum Gasteiger partial charge on any atom is 0.222 e. The van der Waals surface area contributed by atoms with Crippen LogP contribution in [0.2, 0.25) is 0 Å². The van der Waals surface area contributed by atoms with Crippen molar-refractivity contribution in [2.75, 3.05) is 21.2 Å². The topological polar surface area (TPSA) is 42.4 Å². The molecule has 0 aliphatic heterocycles. The molecule has 1 aromatic rings. The van der Waals surface area contributed by atoms with Crippen molar-refractivity contribution in [1.82, 2.24) is 9.88 Å². The van der Waals surface area contributed by atoms with Crippen molar-refractivity contribution in [3.63, 3.8) is 0 Å². The molecule has 86 valence electrons. The SMILES string of the molecule is Bc1cnc(OC)c(CCC(=O)N(C)C)c1. The minimum atomic E-state index is 0.114. The lowest BCUT2D eigenvalue weighted by atomic mass is 9.96. The Labute approximate surface area is 97.0 Å². The van der Waals surface area contributed by atoms with E-state index < -0.39 is 0 Å². The van der Waals surface area contributed by atoms with Crippen molar-refractivity contribution in [3.8, 4) is 5.88 Å². The van der Waals surface area contributed by atoms with Crippen LogP contribution < -0.4 is 10.2 Å². The second-order valence-electron chi connectivity index (χ2n) is 3.97. The van der Waals surface area contributed by atoms with Gasteiger partial charge in [0.1, 0.15) is 7.85 Å². The second-order valence-corrected chi connectivity index (χ2v) is 3.97. The fourth-order valence-corrected chi connectivity index (χ4v) is 1.45. The monoisotopic (exact) mass is 220 g/mol. The number of aromatic nitrogens is 1. The first-order chi connectivity index (χ1) is 7.54. The molecule has 0 N–H and O–H groups in total. The summed E-state index contributed by atoms with van der Waals surface area (Å²) in [6.07, 6.45) is 2.90. The molecule has 0 bridgehead atoms. The van der Waals surface area contributed by atoms with Gasteiger partial charge in [-0.15, -0.1) is 0 Å². The van der Waals surface area contributed by atoms with Gasteiger partial charge in [0.05, 0.1) is 7.11 Å². The number of carbonyl (C=O) groups excluding carboxylic acids is 1. The molecule has 0 aliphatic carbocycles. The maximum atomic E-state index is 11.5. The van der Waals surface area contributed by atoms with Gasteiger partial charge in [0, 0.05) is 32.3 Å². The Morgan fingerprint density at radius 1 is 1.56 bits per heavy atom. The van der Waals surface area contributed by atoms with Crippen LogP contribution >= 0.6 is 0 Å². The highest BCUT2D eigenvalue weighted by atomic mass is 16.5. The predicted octanol–water partition coefficient (Wildman–Crippen LogP) is -0.631. The largest absolute Gasteiger partial charge is 0.481 e. The number of nitrogens with zero attached hydrogens (tertiary/aromatic N) is 2. The molecule has 0 aromatic carbocycles. The van der Waals surface area contributed by atoms with Crippen molar-refractivity contribution < 1.29 is 9.53 Å². The summed E-state index contributed by atoms with van der Waals surface area (Å²) in [5.41, 5.74) is 2.06. The van der Waals surface area contributed by atoms with Crippen LogP contribution in [0.5, 0.6) is 5.88 Å². The van der Waals surface area contributed by atoms with Crippen molar-refractivity contribution in [2.24, 2.45) is 0 Å². The molecule has 0 spiro atoms. The van der Waals surface area contributed by atoms with Crippen LogP contribution in [0.3, 0.4) is 0 Å². The number of amides is 1. The molecule has 0 saturated heterocycles. The van der Waals surface area contributed by atoms with Crippen LogP contribution in [-0.2, 0) is 11.2 Å². The summed E-state index contributed by atoms with van der Waals surface area (Å²) in [6, 6.07) is 2.01. The molecule has 0 saturated carbocycles. The minimum Gasteiger partial charge on any atom is -0.481 e. The van der Waals surface area contributed by atoms with Gasteiger partial charge in [0.15, 0.2) is 0 Å². The van der Waals surface area contributed by atoms with Crippen LogP contribution in [0.1, 0.15) is 12.0 Å². The van der Waals surface area contributed by atoms with E-state index in [9.17, 15) is 4.79 Å². The van der Waals surface area contributed by atoms with Gasteiger partial charge >= 0.3 is 0 Å². The van der Waals surface area contributed by atoms with E-state index in [0.717, 1.165) is 11.0 Å². The number of ether oxygens (including phenoxy) is 1. The quantitative estimate of drug-likeness (QED) is 0.634. The van der Waals surface area contributed by atoms with E-state index in [0.29, 0.717) is 18.7 Å². The molecule has 1 aromatic heterocycles. The first-order valence-corrected chi connectivity index (χ1v) is 5.24. The summed E-state index contributed by atoms with van der Waals surface area (Å²) in [4.78, 5) is 17.2. The van der Waals surface area contributed by atoms with Crippen molar-refractivity contribution in [1.29, 1.82) is 0 Å². The molecule has 1 heterocycles. The number of pyridine rings is 1. The maximum absolute atomic E-state index is 11.5. The highest BCUT2D eigenvalue weighted by Gasteiger charge is 2.09. The van der Waals surface area contributed by atoms with Gasteiger partial charge in [0.2, 0.25) is 11.8 Å². The zero-order chi connectivity index (χ0) is 12.1. The Morgan fingerprint density at radius 3 is 2.81 bits per heavy atom. The fraction of sp³-hybridized carbons (Fsp3) is 0.455. The standard InChI is InChI=1S/C11H17BN2O2/c1-14(2)10(15)5-4-8-6-9(12)7-13-11(8)16-3/h6-7H,4-5,12H2,1-3H3. The van der Waals surface area contributed by atoms with E-state index in [4.69, 9.17) is 4.74 Å². The molecule has 0 fully saturated rings. The van der Waals surface area contributed by atoms with Gasteiger partial charge in [0.25, 0.3) is 0 Å². The molecular weight excluding hydrogens is 203 g/mol. The van der Waals surface area contributed by atoms with Gasteiger partial charge in [-0.25, -0.2) is 4.98 Å². The smallest absolute Gasteiger partial charge is 0.222 e. The van der Waals surface area contributed by atoms with Crippen LogP contribution in [0, 0.1) is 0 Å². The molecule has 1 rings (SSSR count). The molecule has 0 aliphatic rings. The Kier molecular flexibility index (Phi) is 4.34. The molecule has 0 atom stereocenters. The predicted molar refractivity (Wildman–Crippen MR) is 66.0 cm³/mol. The van der Waals surface area contributed by atoms with E-state index in [1.807, 2.05) is 13.9 Å². The lowest BCUT2D eigenvalue weighted by Gasteiger charge is -2.11. The number of aryl methyl sites for hydroxylation is 1. The van der Waals surface area contributed by atoms with Crippen LogP contribution in [-0.4, -0.2) is 44.8 Å². The number of rotatable bonds is 4. The summed E-state index contributed by atoms with van der Waals surface area (Å²) in [5, 5.41) is 0. The minimum absolute atomic E-state index is 0.114. The van der Waals surface area contributed by atoms with Crippen LogP contribution in [0.25, 0.3) is 0 Å². The second kappa shape index (κ2) is 5.54. The van der Waals surface area contributed by atoms with Gasteiger partial charge in [-0.1, -0.05) is 11.5 Å². The van der Waals surface area contributed by atoms with E-state index in [1.54, 1.807) is 32.3 Å². The molecule has 0 radical (unpaired) electrons. The first kappa shape index (κ1) is 12.6. The lowest BCUT2D eigenvalue weighted by molar-refractivity contribution is -0.128. The zero-order valence-electron chi connectivity index (χ0n) is 10.3. The average Bonchev–Trinajstić information content (AvgIpc) is 2.25. The molecular formula is C11H17BN2O2. The third-order valence-electron chi connectivity index (χ3n) is 2.36. The van der Waals surface area contributed by atoms with Crippen molar-refractivity contribution >= 4 is 19.2 Å². The van der Waals surface area contributed by atoms with Gasteiger partial charge in [-0.05, 0) is 6.42 Å². The summed E-state index contributed by atoms with van der Waals surface area (Å²) in [5.74, 6) is 0.723. The molecule has 4 nitrogen and oxygen atoms in total. The van der Waals surface area contributed by atoms with Gasteiger partial charge in [-0.2, -0.15) is 0 Å². The Morgan fingerprint density at radius 2 is 2.25 bits per heavy atom. The highest BCUT2D eigenvalue weighted by Crippen LogP contribution is 2.14. The summed E-state index contributed by atoms with van der Waals surface area (Å²) in [6.45, 7) is 0. The van der Waals surface area contributed by atoms with E-state index in [2.05, 4.69) is 4.98 Å². The summed E-state index contributed by atoms with van der Waals surface area (Å²) in [7, 11) is 7.08. The van der Waals surface area contributed by atoms with E-state index in [1.165, 1.54) is 0 Å². The average molecular weight is 220 g/mol. The van der Waals surface area contributed by atoms with Crippen LogP contribution in [0.4, 0.5) is 0 Å². The Balaban J connectivity index is 2.72. The fourth-order valence-electron chi connectivity index (χ4n) is 1.45. The molecule has 1 amide bonds. The van der Waals surface area contributed by atoms with Crippen molar-refractivity contribution in [3.05, 3.63) is 17.8 Å². The van der Waals surface area contributed by atoms with E-state index >= 15 is 0 Å². The Bertz CT molecular complexity index is 380. The lowest BCUT2D eigenvalue weighted by Crippen LogP contribution is -2.22. The number of carbonyl (C=O) groups is 1. The molecule has 5 heteroatoms. The third kappa shape index (κ3) is 3.26. The summed E-state index contributed by atoms with van der Waals surface area (Å²) >= 11 is 0. The number of methoxy groups -OCH3 is 1. The first-order valence-electron chi connectivity index (χ1n) is 5.24. The Hall–Kier alpha value is -1.52. The highest BCUT2D eigenvalue weighted by molar-refractivity contribution is 6.32. The molecule has 0 unspecified atom stereocenters. The third-order valence-corrected chi connectivity index (χ3v) is 2.36. The van der Waals surface area contributed by atoms with Gasteiger partial charge in [-0.3, -0.25) is 4.79 Å². The van der Waals surface area contributed by atoms with Crippen LogP contribution in [0.15, 0.2) is 12.3 Å². The van der Waals surface area contributed by atoms with Crippen molar-refractivity contribution in [2.45, 2.75) is 12.8 Å². The normalized spacial score (nSPS) is 9.94. The molecule has 16 heavy (non-hydrogen) atoms. The van der Waals surface area contributed by atoms with E-state index in [-0.39, 0.29) is 5.91 Å². The zero-order valence-corrected chi connectivity index (χ0v) is 10.3. The number of hydrogen-bond donors (Lipinski definition) is 0. The van der Waals surface area contributed by atoms with Gasteiger partial charge < -0.3 is 9.64 Å². The number of hydrogen-bond acceptors (Lipinski definition) is 3. The summed E-state index contributed by atoms with van der Waals surface area (Å²) < 4.78 is 5.16.